The van der Waals surface area contributed by atoms with E-state index in [9.17, 15) is 0 Å². The Morgan fingerprint density at radius 2 is 2.00 bits per heavy atom. The van der Waals surface area contributed by atoms with Crippen molar-refractivity contribution in [3.63, 3.8) is 0 Å². The highest BCUT2D eigenvalue weighted by molar-refractivity contribution is 8.22. The number of halogens is 1. The van der Waals surface area contributed by atoms with Gasteiger partial charge in [0.2, 0.25) is 11.7 Å². The number of thiocarbonyl (C=S) groups is 1. The average Bonchev–Trinajstić information content (AvgIpc) is 3.17. The minimum absolute atomic E-state index is 0.578. The molecule has 0 radical (unpaired) electrons. The molecule has 0 amide bonds. The van der Waals surface area contributed by atoms with Crippen molar-refractivity contribution < 1.29 is 4.52 Å². The number of nitrogens with zero attached hydrogens (tertiary/aromatic N) is 3. The summed E-state index contributed by atoms with van der Waals surface area (Å²) in [5.74, 6) is 1.77. The summed E-state index contributed by atoms with van der Waals surface area (Å²) in [5.41, 5.74) is 0.890. The van der Waals surface area contributed by atoms with E-state index in [0.29, 0.717) is 22.5 Å². The SMILES string of the molecule is S=C(SCc1nc(-c2ccc(Cl)cc2)no1)N1CCCC1. The maximum atomic E-state index is 5.86. The van der Waals surface area contributed by atoms with Gasteiger partial charge in [0, 0.05) is 23.7 Å². The zero-order valence-electron chi connectivity index (χ0n) is 11.3. The van der Waals surface area contributed by atoms with E-state index in [1.54, 1.807) is 11.8 Å². The van der Waals surface area contributed by atoms with Gasteiger partial charge in [0.1, 0.15) is 4.32 Å². The molecule has 3 rings (SSSR count). The van der Waals surface area contributed by atoms with Gasteiger partial charge in [0.05, 0.1) is 5.75 Å². The monoisotopic (exact) mass is 339 g/mol. The van der Waals surface area contributed by atoms with Gasteiger partial charge in [-0.1, -0.05) is 40.7 Å². The Labute approximate surface area is 137 Å². The zero-order valence-corrected chi connectivity index (χ0v) is 13.7. The lowest BCUT2D eigenvalue weighted by Crippen LogP contribution is -2.23. The molecule has 0 aliphatic carbocycles. The van der Waals surface area contributed by atoms with Crippen LogP contribution in [0.25, 0.3) is 11.4 Å². The molecule has 110 valence electrons. The molecule has 4 nitrogen and oxygen atoms in total. The highest BCUT2D eigenvalue weighted by Gasteiger charge is 2.16. The molecule has 2 aromatic rings. The van der Waals surface area contributed by atoms with Crippen LogP contribution in [0.5, 0.6) is 0 Å². The second-order valence-electron chi connectivity index (χ2n) is 4.77. The van der Waals surface area contributed by atoms with Gasteiger partial charge < -0.3 is 9.42 Å². The Morgan fingerprint density at radius 3 is 2.71 bits per heavy atom. The molecule has 0 atom stereocenters. The maximum Gasteiger partial charge on any atom is 0.237 e. The summed E-state index contributed by atoms with van der Waals surface area (Å²) in [4.78, 5) is 6.62. The first-order valence-corrected chi connectivity index (χ1v) is 8.50. The van der Waals surface area contributed by atoms with Crippen LogP contribution < -0.4 is 0 Å². The van der Waals surface area contributed by atoms with Crippen LogP contribution >= 0.6 is 35.6 Å². The smallest absolute Gasteiger partial charge is 0.237 e. The summed E-state index contributed by atoms with van der Waals surface area (Å²) in [6, 6.07) is 7.37. The molecule has 0 spiro atoms. The molecule has 1 aromatic carbocycles. The lowest BCUT2D eigenvalue weighted by Gasteiger charge is -2.16. The summed E-state index contributed by atoms with van der Waals surface area (Å²) in [6.07, 6.45) is 2.45. The summed E-state index contributed by atoms with van der Waals surface area (Å²) < 4.78 is 6.18. The number of likely N-dealkylation sites (tertiary alicyclic amines) is 1. The highest BCUT2D eigenvalue weighted by atomic mass is 35.5. The third-order valence-corrected chi connectivity index (χ3v) is 5.01. The van der Waals surface area contributed by atoms with Crippen molar-refractivity contribution in [1.29, 1.82) is 0 Å². The van der Waals surface area contributed by atoms with Gasteiger partial charge in [-0.3, -0.25) is 0 Å². The summed E-state index contributed by atoms with van der Waals surface area (Å²) in [5, 5.41) is 4.68. The van der Waals surface area contributed by atoms with Crippen molar-refractivity contribution in [2.75, 3.05) is 13.1 Å². The predicted molar refractivity (Wildman–Crippen MR) is 89.4 cm³/mol. The lowest BCUT2D eigenvalue weighted by molar-refractivity contribution is 0.392. The van der Waals surface area contributed by atoms with Gasteiger partial charge in [0.15, 0.2) is 0 Å². The zero-order chi connectivity index (χ0) is 14.7. The Bertz CT molecular complexity index is 623. The van der Waals surface area contributed by atoms with E-state index in [4.69, 9.17) is 28.3 Å². The van der Waals surface area contributed by atoms with Crippen LogP contribution in [0.3, 0.4) is 0 Å². The van der Waals surface area contributed by atoms with Crippen molar-refractivity contribution >= 4 is 39.9 Å². The van der Waals surface area contributed by atoms with Crippen molar-refractivity contribution in [3.05, 3.63) is 35.2 Å². The Morgan fingerprint density at radius 1 is 1.29 bits per heavy atom. The largest absolute Gasteiger partial charge is 0.358 e. The summed E-state index contributed by atoms with van der Waals surface area (Å²) in [6.45, 7) is 2.12. The van der Waals surface area contributed by atoms with E-state index < -0.39 is 0 Å². The van der Waals surface area contributed by atoms with E-state index in [2.05, 4.69) is 15.0 Å². The Kier molecular flexibility index (Phi) is 4.77. The Hall–Kier alpha value is -1.11. The molecule has 21 heavy (non-hydrogen) atoms. The van der Waals surface area contributed by atoms with Crippen molar-refractivity contribution in [3.8, 4) is 11.4 Å². The van der Waals surface area contributed by atoms with Crippen LogP contribution in [-0.2, 0) is 5.75 Å². The van der Waals surface area contributed by atoms with Crippen LogP contribution in [0.4, 0.5) is 0 Å². The normalized spacial score (nSPS) is 14.6. The number of thioether (sulfide) groups is 1. The molecule has 0 saturated carbocycles. The standard InChI is InChI=1S/C14H14ClN3OS2/c15-11-5-3-10(4-6-11)13-16-12(19-17-13)9-21-14(20)18-7-1-2-8-18/h3-6H,1-2,7-9H2. The number of aromatic nitrogens is 2. The predicted octanol–water partition coefficient (Wildman–Crippen LogP) is 4.00. The molecule has 1 aliphatic heterocycles. The minimum atomic E-state index is 0.578. The van der Waals surface area contributed by atoms with E-state index in [1.165, 1.54) is 12.8 Å². The highest BCUT2D eigenvalue weighted by Crippen LogP contribution is 2.22. The van der Waals surface area contributed by atoms with E-state index in [-0.39, 0.29) is 0 Å². The van der Waals surface area contributed by atoms with Gasteiger partial charge in [-0.2, -0.15) is 4.98 Å². The second-order valence-corrected chi connectivity index (χ2v) is 6.81. The topological polar surface area (TPSA) is 42.2 Å². The van der Waals surface area contributed by atoms with Crippen molar-refractivity contribution in [1.82, 2.24) is 15.0 Å². The van der Waals surface area contributed by atoms with Crippen LogP contribution in [0.15, 0.2) is 28.8 Å². The van der Waals surface area contributed by atoms with Gasteiger partial charge in [0.25, 0.3) is 0 Å². The van der Waals surface area contributed by atoms with Gasteiger partial charge >= 0.3 is 0 Å². The first kappa shape index (κ1) is 14.8. The van der Waals surface area contributed by atoms with Gasteiger partial charge in [-0.15, -0.1) is 0 Å². The van der Waals surface area contributed by atoms with Gasteiger partial charge in [-0.05, 0) is 37.1 Å². The molecular weight excluding hydrogens is 326 g/mol. The number of hydrogen-bond donors (Lipinski definition) is 0. The molecule has 1 saturated heterocycles. The fraction of sp³-hybridized carbons (Fsp3) is 0.357. The van der Waals surface area contributed by atoms with E-state index in [0.717, 1.165) is 23.0 Å². The fourth-order valence-corrected chi connectivity index (χ4v) is 3.36. The average molecular weight is 340 g/mol. The molecule has 0 N–H and O–H groups in total. The molecule has 0 bridgehead atoms. The summed E-state index contributed by atoms with van der Waals surface area (Å²) >= 11 is 12.9. The third kappa shape index (κ3) is 3.75. The first-order valence-electron chi connectivity index (χ1n) is 6.72. The first-order chi connectivity index (χ1) is 10.2. The second kappa shape index (κ2) is 6.77. The molecule has 2 heterocycles. The van der Waals surface area contributed by atoms with Crippen molar-refractivity contribution in [2.45, 2.75) is 18.6 Å². The van der Waals surface area contributed by atoms with E-state index >= 15 is 0 Å². The number of rotatable bonds is 3. The fourth-order valence-electron chi connectivity index (χ4n) is 2.14. The van der Waals surface area contributed by atoms with Crippen LogP contribution in [-0.4, -0.2) is 32.5 Å². The molecular formula is C14H14ClN3OS2. The number of benzene rings is 1. The number of hydrogen-bond acceptors (Lipinski definition) is 5. The maximum absolute atomic E-state index is 5.86. The van der Waals surface area contributed by atoms with E-state index in [1.807, 2.05) is 24.3 Å². The van der Waals surface area contributed by atoms with Crippen LogP contribution in [0.2, 0.25) is 5.02 Å². The molecule has 1 aromatic heterocycles. The molecule has 7 heteroatoms. The van der Waals surface area contributed by atoms with Gasteiger partial charge in [-0.25, -0.2) is 0 Å². The van der Waals surface area contributed by atoms with Crippen LogP contribution in [0.1, 0.15) is 18.7 Å². The van der Waals surface area contributed by atoms with Crippen molar-refractivity contribution in [2.24, 2.45) is 0 Å². The minimum Gasteiger partial charge on any atom is -0.358 e. The van der Waals surface area contributed by atoms with Crippen LogP contribution in [0, 0.1) is 0 Å². The molecule has 1 fully saturated rings. The summed E-state index contributed by atoms with van der Waals surface area (Å²) in [7, 11) is 0. The molecule has 0 unspecified atom stereocenters. The lowest BCUT2D eigenvalue weighted by atomic mass is 10.2. The molecule has 1 aliphatic rings. The quantitative estimate of drug-likeness (QED) is 0.787. The third-order valence-electron chi connectivity index (χ3n) is 3.25. The Balaban J connectivity index is 1.60.